The quantitative estimate of drug-likeness (QED) is 0.736. The minimum atomic E-state index is -3.78. The lowest BCUT2D eigenvalue weighted by atomic mass is 10.1. The van der Waals surface area contributed by atoms with Crippen LogP contribution >= 0.6 is 0 Å². The fourth-order valence-corrected chi connectivity index (χ4v) is 4.09. The monoisotopic (exact) mass is 372 g/mol. The maximum atomic E-state index is 12.7. The van der Waals surface area contributed by atoms with E-state index in [1.165, 1.54) is 6.07 Å². The van der Waals surface area contributed by atoms with Crippen molar-refractivity contribution in [3.63, 3.8) is 0 Å². The molecule has 2 heterocycles. The van der Waals surface area contributed by atoms with Gasteiger partial charge in [-0.05, 0) is 45.0 Å². The first-order chi connectivity index (χ1) is 12.2. The van der Waals surface area contributed by atoms with Crippen LogP contribution in [-0.4, -0.2) is 29.2 Å². The number of imidazole rings is 1. The Morgan fingerprint density at radius 1 is 1.12 bits per heavy atom. The highest BCUT2D eigenvalue weighted by Gasteiger charge is 2.25. The molecule has 0 unspecified atom stereocenters. The Morgan fingerprint density at radius 3 is 2.58 bits per heavy atom. The average molecular weight is 372 g/mol. The molecule has 0 fully saturated rings. The van der Waals surface area contributed by atoms with Crippen LogP contribution in [0.25, 0.3) is 5.65 Å². The third-order valence-electron chi connectivity index (χ3n) is 3.52. The van der Waals surface area contributed by atoms with Crippen LogP contribution in [0.5, 0.6) is 0 Å². The van der Waals surface area contributed by atoms with Crippen LogP contribution in [-0.2, 0) is 10.0 Å². The molecule has 0 aliphatic carbocycles. The highest BCUT2D eigenvalue weighted by molar-refractivity contribution is 7.89. The molecule has 0 saturated carbocycles. The van der Waals surface area contributed by atoms with Gasteiger partial charge < -0.3 is 9.72 Å². The maximum absolute atomic E-state index is 12.7. The van der Waals surface area contributed by atoms with Crippen molar-refractivity contribution in [3.8, 4) is 0 Å². The fourth-order valence-electron chi connectivity index (χ4n) is 2.51. The average Bonchev–Trinajstić information content (AvgIpc) is 3.00. The van der Waals surface area contributed by atoms with Crippen LogP contribution in [0.4, 0.5) is 5.69 Å². The first-order valence-electron chi connectivity index (χ1n) is 8.03. The SMILES string of the molecule is CC(C)(C)NS(=O)(=O)c1ccccc1NC(=O)c1ccc2nccn2c1. The van der Waals surface area contributed by atoms with Gasteiger partial charge in [0.1, 0.15) is 10.5 Å². The van der Waals surface area contributed by atoms with Crippen LogP contribution in [0.1, 0.15) is 31.1 Å². The summed E-state index contributed by atoms with van der Waals surface area (Å²) < 4.78 is 29.6. The Morgan fingerprint density at radius 2 is 1.85 bits per heavy atom. The van der Waals surface area contributed by atoms with Gasteiger partial charge in [-0.15, -0.1) is 0 Å². The molecule has 26 heavy (non-hydrogen) atoms. The van der Waals surface area contributed by atoms with Crippen molar-refractivity contribution in [1.29, 1.82) is 0 Å². The molecule has 136 valence electrons. The van der Waals surface area contributed by atoms with Gasteiger partial charge in [-0.2, -0.15) is 0 Å². The fraction of sp³-hybridized carbons (Fsp3) is 0.222. The van der Waals surface area contributed by atoms with Gasteiger partial charge in [0.2, 0.25) is 10.0 Å². The van der Waals surface area contributed by atoms with E-state index in [9.17, 15) is 13.2 Å². The van der Waals surface area contributed by atoms with Crippen molar-refractivity contribution < 1.29 is 13.2 Å². The molecule has 3 rings (SSSR count). The zero-order chi connectivity index (χ0) is 18.9. The number of carbonyl (C=O) groups excluding carboxylic acids is 1. The molecule has 7 nitrogen and oxygen atoms in total. The molecule has 3 aromatic rings. The van der Waals surface area contributed by atoms with Crippen LogP contribution in [0.3, 0.4) is 0 Å². The van der Waals surface area contributed by atoms with Gasteiger partial charge in [-0.3, -0.25) is 4.79 Å². The molecular formula is C18H20N4O3S. The van der Waals surface area contributed by atoms with Crippen LogP contribution in [0.2, 0.25) is 0 Å². The first kappa shape index (κ1) is 18.1. The van der Waals surface area contributed by atoms with Crippen molar-refractivity contribution in [3.05, 3.63) is 60.6 Å². The first-order valence-corrected chi connectivity index (χ1v) is 9.51. The molecule has 8 heteroatoms. The van der Waals surface area contributed by atoms with Crippen LogP contribution < -0.4 is 10.0 Å². The minimum Gasteiger partial charge on any atom is -0.321 e. The lowest BCUT2D eigenvalue weighted by Gasteiger charge is -2.21. The van der Waals surface area contributed by atoms with Crippen molar-refractivity contribution in [1.82, 2.24) is 14.1 Å². The third-order valence-corrected chi connectivity index (χ3v) is 5.33. The summed E-state index contributed by atoms with van der Waals surface area (Å²) in [4.78, 5) is 16.7. The Hall–Kier alpha value is -2.71. The number of para-hydroxylation sites is 1. The molecule has 0 aliphatic heterocycles. The van der Waals surface area contributed by atoms with E-state index in [4.69, 9.17) is 0 Å². The van der Waals surface area contributed by atoms with Crippen LogP contribution in [0.15, 0.2) is 59.9 Å². The number of anilines is 1. The van der Waals surface area contributed by atoms with Gasteiger partial charge in [0.25, 0.3) is 5.91 Å². The van der Waals surface area contributed by atoms with Gasteiger partial charge in [-0.25, -0.2) is 18.1 Å². The summed E-state index contributed by atoms with van der Waals surface area (Å²) in [5.41, 5.74) is 0.702. The molecule has 0 atom stereocenters. The van der Waals surface area contributed by atoms with Crippen molar-refractivity contribution in [2.24, 2.45) is 0 Å². The van der Waals surface area contributed by atoms with Gasteiger partial charge in [0.15, 0.2) is 0 Å². The molecule has 0 aliphatic rings. The molecule has 0 radical (unpaired) electrons. The Bertz CT molecular complexity index is 1070. The highest BCUT2D eigenvalue weighted by Crippen LogP contribution is 2.23. The molecule has 2 aromatic heterocycles. The van der Waals surface area contributed by atoms with E-state index in [0.717, 1.165) is 5.65 Å². The third kappa shape index (κ3) is 3.92. The summed E-state index contributed by atoms with van der Waals surface area (Å²) in [5.74, 6) is -0.404. The Balaban J connectivity index is 1.91. The molecule has 1 amide bonds. The molecule has 0 saturated heterocycles. The zero-order valence-corrected chi connectivity index (χ0v) is 15.5. The van der Waals surface area contributed by atoms with E-state index in [2.05, 4.69) is 15.0 Å². The van der Waals surface area contributed by atoms with Crippen molar-refractivity contribution in [2.75, 3.05) is 5.32 Å². The number of sulfonamides is 1. The molecular weight excluding hydrogens is 352 g/mol. The number of fused-ring (bicyclic) bond motifs is 1. The van der Waals surface area contributed by atoms with Gasteiger partial charge >= 0.3 is 0 Å². The highest BCUT2D eigenvalue weighted by atomic mass is 32.2. The van der Waals surface area contributed by atoms with E-state index in [-0.39, 0.29) is 10.6 Å². The van der Waals surface area contributed by atoms with Gasteiger partial charge in [0.05, 0.1) is 11.3 Å². The van der Waals surface area contributed by atoms with E-state index in [0.29, 0.717) is 5.56 Å². The maximum Gasteiger partial charge on any atom is 0.257 e. The molecule has 0 spiro atoms. The predicted octanol–water partition coefficient (Wildman–Crippen LogP) is 2.66. The number of carbonyl (C=O) groups is 1. The van der Waals surface area contributed by atoms with E-state index < -0.39 is 21.5 Å². The van der Waals surface area contributed by atoms with Crippen LogP contribution in [0, 0.1) is 0 Å². The molecule has 1 aromatic carbocycles. The Kier molecular flexibility index (Phi) is 4.55. The second-order valence-corrected chi connectivity index (χ2v) is 8.57. The number of pyridine rings is 1. The van der Waals surface area contributed by atoms with E-state index >= 15 is 0 Å². The topological polar surface area (TPSA) is 92.6 Å². The number of nitrogens with zero attached hydrogens (tertiary/aromatic N) is 2. The predicted molar refractivity (Wildman–Crippen MR) is 99.7 cm³/mol. The normalized spacial score (nSPS) is 12.3. The number of nitrogens with one attached hydrogen (secondary N) is 2. The smallest absolute Gasteiger partial charge is 0.257 e. The van der Waals surface area contributed by atoms with Gasteiger partial charge in [0, 0.05) is 24.1 Å². The minimum absolute atomic E-state index is 0.0204. The molecule has 0 bridgehead atoms. The number of amides is 1. The standard InChI is InChI=1S/C18H20N4O3S/c1-18(2,3)21-26(24,25)15-7-5-4-6-14(15)20-17(23)13-8-9-16-19-10-11-22(16)12-13/h4-12,21H,1-3H3,(H,20,23). The van der Waals surface area contributed by atoms with Crippen molar-refractivity contribution in [2.45, 2.75) is 31.2 Å². The van der Waals surface area contributed by atoms with Gasteiger partial charge in [-0.1, -0.05) is 12.1 Å². The number of aromatic nitrogens is 2. The summed E-state index contributed by atoms with van der Waals surface area (Å²) >= 11 is 0. The Labute approximate surface area is 152 Å². The second kappa shape index (κ2) is 6.54. The second-order valence-electron chi connectivity index (χ2n) is 6.92. The lowest BCUT2D eigenvalue weighted by molar-refractivity contribution is 0.102. The summed E-state index contributed by atoms with van der Waals surface area (Å²) in [6.45, 7) is 5.27. The van der Waals surface area contributed by atoms with E-state index in [1.807, 2.05) is 0 Å². The summed E-state index contributed by atoms with van der Waals surface area (Å²) in [7, 11) is -3.78. The lowest BCUT2D eigenvalue weighted by Crippen LogP contribution is -2.40. The largest absolute Gasteiger partial charge is 0.321 e. The summed E-state index contributed by atoms with van der Waals surface area (Å²) in [5, 5.41) is 2.68. The summed E-state index contributed by atoms with van der Waals surface area (Å²) in [6, 6.07) is 9.67. The number of rotatable bonds is 4. The number of hydrogen-bond donors (Lipinski definition) is 2. The zero-order valence-electron chi connectivity index (χ0n) is 14.7. The van der Waals surface area contributed by atoms with Crippen molar-refractivity contribution >= 4 is 27.3 Å². The number of benzene rings is 1. The summed E-state index contributed by atoms with van der Waals surface area (Å²) in [6.07, 6.45) is 5.01. The molecule has 2 N–H and O–H groups in total. The van der Waals surface area contributed by atoms with E-state index in [1.54, 1.807) is 74.1 Å². The number of hydrogen-bond acceptors (Lipinski definition) is 4.